The van der Waals surface area contributed by atoms with E-state index in [9.17, 15) is 0 Å². The van der Waals surface area contributed by atoms with Gasteiger partial charge in [0.1, 0.15) is 0 Å². The maximum atomic E-state index is 7.42. The molecule has 4 heteroatoms. The van der Waals surface area contributed by atoms with Crippen molar-refractivity contribution in [1.82, 2.24) is 4.98 Å². The molecule has 27 heavy (non-hydrogen) atoms. The Bertz CT molecular complexity index is 1030. The number of rotatable bonds is 2. The van der Waals surface area contributed by atoms with Gasteiger partial charge in [0.25, 0.3) is 0 Å². The van der Waals surface area contributed by atoms with Gasteiger partial charge in [-0.25, -0.2) is 6.57 Å². The predicted molar refractivity (Wildman–Crippen MR) is 116 cm³/mol. The summed E-state index contributed by atoms with van der Waals surface area (Å²) in [6, 6.07) is 6.83. The first-order chi connectivity index (χ1) is 13.0. The minimum Gasteiger partial charge on any atom is -0.362 e. The van der Waals surface area contributed by atoms with E-state index >= 15 is 0 Å². The average molecular weight is 376 g/mol. The molecule has 1 aromatic carbocycles. The van der Waals surface area contributed by atoms with Crippen LogP contribution >= 0.6 is 11.3 Å². The topological polar surface area (TPSA) is 20.5 Å². The fourth-order valence-corrected chi connectivity index (χ4v) is 5.45. The lowest BCUT2D eigenvalue weighted by atomic mass is 9.94. The summed E-state index contributed by atoms with van der Waals surface area (Å²) in [6.07, 6.45) is 2.11. The summed E-state index contributed by atoms with van der Waals surface area (Å²) in [7, 11) is 0. The lowest BCUT2D eigenvalue weighted by Gasteiger charge is -2.29. The van der Waals surface area contributed by atoms with Crippen molar-refractivity contribution in [2.75, 3.05) is 18.0 Å². The highest BCUT2D eigenvalue weighted by Crippen LogP contribution is 2.41. The fourth-order valence-electron chi connectivity index (χ4n) is 4.41. The van der Waals surface area contributed by atoms with E-state index in [4.69, 9.17) is 11.6 Å². The molecular formula is C23H25N3S. The van der Waals surface area contributed by atoms with E-state index in [-0.39, 0.29) is 6.04 Å². The lowest BCUT2D eigenvalue weighted by molar-refractivity contribution is 0.551. The van der Waals surface area contributed by atoms with Crippen LogP contribution in [0, 0.1) is 34.3 Å². The molecule has 0 amide bonds. The van der Waals surface area contributed by atoms with Crippen LogP contribution < -0.4 is 4.90 Å². The third-order valence-electron chi connectivity index (χ3n) is 5.50. The van der Waals surface area contributed by atoms with Gasteiger partial charge in [0, 0.05) is 29.6 Å². The molecule has 2 aromatic heterocycles. The van der Waals surface area contributed by atoms with Crippen LogP contribution in [0.5, 0.6) is 0 Å². The molecule has 1 aliphatic rings. The van der Waals surface area contributed by atoms with Gasteiger partial charge in [-0.05, 0) is 56.9 Å². The zero-order chi connectivity index (χ0) is 19.1. The van der Waals surface area contributed by atoms with E-state index in [0.717, 1.165) is 37.1 Å². The smallest absolute Gasteiger partial charge is 0.240 e. The molecule has 3 heterocycles. The van der Waals surface area contributed by atoms with Crippen LogP contribution in [-0.2, 0) is 0 Å². The number of thiophene rings is 1. The molecule has 0 N–H and O–H groups in total. The first-order valence-corrected chi connectivity index (χ1v) is 10.4. The molecule has 0 saturated carbocycles. The molecule has 1 fully saturated rings. The monoisotopic (exact) mass is 375 g/mol. The molecule has 0 aliphatic carbocycles. The minimum atomic E-state index is 0.114. The fraction of sp³-hybridized carbons (Fsp3) is 0.391. The van der Waals surface area contributed by atoms with Gasteiger partial charge >= 0.3 is 0 Å². The van der Waals surface area contributed by atoms with Crippen molar-refractivity contribution in [3.8, 4) is 11.1 Å². The summed E-state index contributed by atoms with van der Waals surface area (Å²) < 4.78 is 1.25. The van der Waals surface area contributed by atoms with Crippen LogP contribution in [0.15, 0.2) is 23.6 Å². The number of fused-ring (bicyclic) bond motifs is 1. The van der Waals surface area contributed by atoms with E-state index < -0.39 is 0 Å². The summed E-state index contributed by atoms with van der Waals surface area (Å²) >= 11 is 1.79. The van der Waals surface area contributed by atoms with Crippen molar-refractivity contribution in [1.29, 1.82) is 0 Å². The number of aryl methyl sites for hydroxylation is 4. The second-order valence-corrected chi connectivity index (χ2v) is 8.63. The van der Waals surface area contributed by atoms with Gasteiger partial charge in [-0.3, -0.25) is 4.98 Å². The van der Waals surface area contributed by atoms with Crippen molar-refractivity contribution in [2.24, 2.45) is 0 Å². The molecular weight excluding hydrogens is 350 g/mol. The number of aromatic nitrogens is 1. The molecule has 138 valence electrons. The Kier molecular flexibility index (Phi) is 4.65. The molecule has 3 aromatic rings. The number of anilines is 1. The number of nitrogens with zero attached hydrogens (tertiary/aromatic N) is 3. The largest absolute Gasteiger partial charge is 0.362 e. The van der Waals surface area contributed by atoms with Crippen molar-refractivity contribution >= 4 is 27.2 Å². The number of hydrogen-bond donors (Lipinski definition) is 0. The van der Waals surface area contributed by atoms with E-state index in [2.05, 4.69) is 61.0 Å². The van der Waals surface area contributed by atoms with Crippen LogP contribution in [0.2, 0.25) is 0 Å². The Morgan fingerprint density at radius 2 is 1.89 bits per heavy atom. The van der Waals surface area contributed by atoms with Crippen LogP contribution in [0.4, 0.5) is 5.69 Å². The summed E-state index contributed by atoms with van der Waals surface area (Å²) in [4.78, 5) is 11.1. The molecule has 1 aliphatic heterocycles. The second kappa shape index (κ2) is 6.98. The standard InChI is InChI=1S/C23H25N3S/c1-14-9-15(2)21(16(3)10-14)19-13-27-23-20(11-17(4)25-22(19)23)26-8-6-7-18(12-26)24-5/h9-11,13,18H,6-8,12H2,1-4H3. The van der Waals surface area contributed by atoms with Gasteiger partial charge < -0.3 is 9.74 Å². The molecule has 0 radical (unpaired) electrons. The average Bonchev–Trinajstić information content (AvgIpc) is 3.03. The van der Waals surface area contributed by atoms with Gasteiger partial charge in [-0.2, -0.15) is 0 Å². The highest BCUT2D eigenvalue weighted by Gasteiger charge is 2.26. The highest BCUT2D eigenvalue weighted by molar-refractivity contribution is 7.18. The van der Waals surface area contributed by atoms with E-state index in [0.29, 0.717) is 0 Å². The summed E-state index contributed by atoms with van der Waals surface area (Å²) in [5, 5.41) is 2.27. The molecule has 1 unspecified atom stereocenters. The summed E-state index contributed by atoms with van der Waals surface area (Å²) in [6.45, 7) is 17.9. The first-order valence-electron chi connectivity index (χ1n) is 9.56. The third kappa shape index (κ3) is 3.21. The Morgan fingerprint density at radius 3 is 2.59 bits per heavy atom. The van der Waals surface area contributed by atoms with Crippen LogP contribution in [-0.4, -0.2) is 24.1 Å². The molecule has 0 bridgehead atoms. The molecule has 1 atom stereocenters. The third-order valence-corrected chi connectivity index (χ3v) is 6.49. The van der Waals surface area contributed by atoms with E-state index in [1.54, 1.807) is 11.3 Å². The normalized spacial score (nSPS) is 17.3. The van der Waals surface area contributed by atoms with Crippen LogP contribution in [0.3, 0.4) is 0 Å². The predicted octanol–water partition coefficient (Wildman–Crippen LogP) is 6.09. The Balaban J connectivity index is 1.88. The summed E-state index contributed by atoms with van der Waals surface area (Å²) in [5.41, 5.74) is 9.88. The van der Waals surface area contributed by atoms with Gasteiger partial charge in [0.2, 0.25) is 6.04 Å². The van der Waals surface area contributed by atoms with Gasteiger partial charge in [-0.1, -0.05) is 17.7 Å². The molecule has 3 nitrogen and oxygen atoms in total. The van der Waals surface area contributed by atoms with Crippen molar-refractivity contribution in [3.05, 3.63) is 57.4 Å². The van der Waals surface area contributed by atoms with Crippen molar-refractivity contribution in [3.63, 3.8) is 0 Å². The lowest BCUT2D eigenvalue weighted by Crippen LogP contribution is -2.37. The van der Waals surface area contributed by atoms with Crippen molar-refractivity contribution < 1.29 is 0 Å². The highest BCUT2D eigenvalue weighted by atomic mass is 32.1. The van der Waals surface area contributed by atoms with E-state index in [1.807, 2.05) is 0 Å². The van der Waals surface area contributed by atoms with Gasteiger partial charge in [0.15, 0.2) is 0 Å². The second-order valence-electron chi connectivity index (χ2n) is 7.75. The Morgan fingerprint density at radius 1 is 1.15 bits per heavy atom. The maximum Gasteiger partial charge on any atom is 0.240 e. The molecule has 0 spiro atoms. The minimum absolute atomic E-state index is 0.114. The number of benzene rings is 1. The van der Waals surface area contributed by atoms with Crippen LogP contribution in [0.25, 0.3) is 26.2 Å². The number of hydrogen-bond acceptors (Lipinski definition) is 3. The number of pyridine rings is 1. The van der Waals surface area contributed by atoms with Gasteiger partial charge in [0.05, 0.1) is 22.4 Å². The first kappa shape index (κ1) is 18.0. The van der Waals surface area contributed by atoms with Crippen LogP contribution in [0.1, 0.15) is 35.2 Å². The summed E-state index contributed by atoms with van der Waals surface area (Å²) in [5.74, 6) is 0. The SMILES string of the molecule is [C-]#[N+]C1CCCN(c2cc(C)nc3c(-c4c(C)cc(C)cc4C)csc23)C1. The quantitative estimate of drug-likeness (QED) is 0.506. The van der Waals surface area contributed by atoms with Crippen molar-refractivity contribution in [2.45, 2.75) is 46.6 Å². The number of piperidine rings is 1. The Hall–Kier alpha value is -2.38. The molecule has 4 rings (SSSR count). The zero-order valence-corrected chi connectivity index (χ0v) is 17.3. The van der Waals surface area contributed by atoms with Gasteiger partial charge in [-0.15, -0.1) is 11.3 Å². The van der Waals surface area contributed by atoms with E-state index in [1.165, 1.54) is 38.2 Å². The zero-order valence-electron chi connectivity index (χ0n) is 16.5. The Labute approximate surface area is 165 Å². The maximum absolute atomic E-state index is 7.42. The molecule has 1 saturated heterocycles.